The van der Waals surface area contributed by atoms with Crippen LogP contribution >= 0.6 is 0 Å². The van der Waals surface area contributed by atoms with Crippen molar-refractivity contribution >= 4 is 11.5 Å². The maximum Gasteiger partial charge on any atom is 0.198 e. The van der Waals surface area contributed by atoms with Gasteiger partial charge >= 0.3 is 0 Å². The Balaban J connectivity index is 2.54. The number of aryl methyl sites for hydroxylation is 1. The van der Waals surface area contributed by atoms with Crippen molar-refractivity contribution in [3.8, 4) is 5.75 Å². The van der Waals surface area contributed by atoms with Crippen molar-refractivity contribution in [3.05, 3.63) is 58.7 Å². The number of carbonyl (C=O) groups is 1. The second-order valence-corrected chi connectivity index (χ2v) is 4.36. The molecule has 0 atom stereocenters. The molecule has 0 heterocycles. The van der Waals surface area contributed by atoms with Crippen LogP contribution in [-0.4, -0.2) is 12.9 Å². The van der Waals surface area contributed by atoms with Gasteiger partial charge in [0.1, 0.15) is 17.4 Å². The molecule has 0 radical (unpaired) electrons. The van der Waals surface area contributed by atoms with Crippen molar-refractivity contribution in [3.63, 3.8) is 0 Å². The lowest BCUT2D eigenvalue weighted by atomic mass is 9.99. The van der Waals surface area contributed by atoms with Gasteiger partial charge in [0.2, 0.25) is 0 Å². The van der Waals surface area contributed by atoms with Crippen LogP contribution in [0.15, 0.2) is 30.3 Å². The van der Waals surface area contributed by atoms with Crippen molar-refractivity contribution in [2.75, 3.05) is 12.8 Å². The predicted octanol–water partition coefficient (Wildman–Crippen LogP) is 3.10. The largest absolute Gasteiger partial charge is 0.497 e. The Morgan fingerprint density at radius 2 is 1.80 bits per heavy atom. The van der Waals surface area contributed by atoms with Crippen molar-refractivity contribution in [2.24, 2.45) is 0 Å². The molecule has 2 N–H and O–H groups in total. The molecule has 0 amide bonds. The van der Waals surface area contributed by atoms with Crippen LogP contribution in [0.5, 0.6) is 5.75 Å². The van der Waals surface area contributed by atoms with Gasteiger partial charge in [0, 0.05) is 17.3 Å². The highest BCUT2D eigenvalue weighted by Gasteiger charge is 2.19. The minimum atomic E-state index is -0.916. The van der Waals surface area contributed by atoms with Crippen LogP contribution in [-0.2, 0) is 0 Å². The normalized spacial score (nSPS) is 10.4. The van der Waals surface area contributed by atoms with Crippen LogP contribution in [0.1, 0.15) is 21.5 Å². The third kappa shape index (κ3) is 2.47. The van der Waals surface area contributed by atoms with Crippen LogP contribution < -0.4 is 10.5 Å². The number of halogens is 2. The fourth-order valence-corrected chi connectivity index (χ4v) is 1.84. The number of benzene rings is 2. The number of ether oxygens (including phenoxy) is 1. The van der Waals surface area contributed by atoms with E-state index in [1.807, 2.05) is 0 Å². The zero-order valence-corrected chi connectivity index (χ0v) is 11.0. The van der Waals surface area contributed by atoms with Crippen molar-refractivity contribution < 1.29 is 18.3 Å². The van der Waals surface area contributed by atoms with E-state index >= 15 is 0 Å². The number of nitrogens with two attached hydrogens (primary N) is 1. The molecule has 0 saturated carbocycles. The first-order chi connectivity index (χ1) is 9.43. The first kappa shape index (κ1) is 14.0. The molecule has 0 aromatic heterocycles. The Labute approximate surface area is 115 Å². The molecular formula is C15H13F2NO2. The minimum Gasteiger partial charge on any atom is -0.497 e. The summed E-state index contributed by atoms with van der Waals surface area (Å²) < 4.78 is 32.0. The lowest BCUT2D eigenvalue weighted by Crippen LogP contribution is -2.09. The summed E-state index contributed by atoms with van der Waals surface area (Å²) in [6.45, 7) is 1.46. The van der Waals surface area contributed by atoms with Crippen molar-refractivity contribution in [2.45, 2.75) is 6.92 Å². The maximum atomic E-state index is 13.7. The molecule has 5 heteroatoms. The summed E-state index contributed by atoms with van der Waals surface area (Å²) in [6.07, 6.45) is 0. The van der Waals surface area contributed by atoms with Gasteiger partial charge in [-0.15, -0.1) is 0 Å². The summed E-state index contributed by atoms with van der Waals surface area (Å²) in [7, 11) is 1.45. The van der Waals surface area contributed by atoms with E-state index in [2.05, 4.69) is 0 Å². The lowest BCUT2D eigenvalue weighted by Gasteiger charge is -2.09. The molecule has 3 nitrogen and oxygen atoms in total. The van der Waals surface area contributed by atoms with Gasteiger partial charge < -0.3 is 10.5 Å². The van der Waals surface area contributed by atoms with Gasteiger partial charge in [0.05, 0.1) is 12.7 Å². The van der Waals surface area contributed by atoms with Crippen LogP contribution in [0.4, 0.5) is 14.5 Å². The molecule has 0 aliphatic heterocycles. The molecule has 20 heavy (non-hydrogen) atoms. The monoisotopic (exact) mass is 277 g/mol. The van der Waals surface area contributed by atoms with Crippen LogP contribution in [0.25, 0.3) is 0 Å². The Morgan fingerprint density at radius 3 is 2.45 bits per heavy atom. The average Bonchev–Trinajstić information content (AvgIpc) is 2.42. The molecule has 0 bridgehead atoms. The molecule has 0 aliphatic carbocycles. The van der Waals surface area contributed by atoms with E-state index in [0.717, 1.165) is 0 Å². The van der Waals surface area contributed by atoms with Gasteiger partial charge in [-0.2, -0.15) is 0 Å². The highest BCUT2D eigenvalue weighted by atomic mass is 19.1. The number of nitrogen functional groups attached to an aromatic ring is 1. The third-order valence-electron chi connectivity index (χ3n) is 3.00. The molecule has 2 rings (SSSR count). The van der Waals surface area contributed by atoms with E-state index in [4.69, 9.17) is 10.5 Å². The molecule has 2 aromatic rings. The maximum absolute atomic E-state index is 13.7. The summed E-state index contributed by atoms with van der Waals surface area (Å²) in [5.41, 5.74) is 6.03. The van der Waals surface area contributed by atoms with Crippen molar-refractivity contribution in [1.29, 1.82) is 0 Å². The van der Waals surface area contributed by atoms with Gasteiger partial charge in [-0.05, 0) is 36.8 Å². The van der Waals surface area contributed by atoms with Crippen LogP contribution in [0.3, 0.4) is 0 Å². The second kappa shape index (κ2) is 5.28. The molecule has 104 valence electrons. The molecule has 0 unspecified atom stereocenters. The summed E-state index contributed by atoms with van der Waals surface area (Å²) in [5, 5.41) is 0. The molecule has 0 saturated heterocycles. The van der Waals surface area contributed by atoms with Gasteiger partial charge in [-0.1, -0.05) is 0 Å². The van der Waals surface area contributed by atoms with E-state index in [0.29, 0.717) is 11.8 Å². The number of hydrogen-bond donors (Lipinski definition) is 1. The Morgan fingerprint density at radius 1 is 1.10 bits per heavy atom. The second-order valence-electron chi connectivity index (χ2n) is 4.36. The molecule has 2 aromatic carbocycles. The zero-order valence-electron chi connectivity index (χ0n) is 11.0. The average molecular weight is 277 g/mol. The van der Waals surface area contributed by atoms with Gasteiger partial charge in [-0.3, -0.25) is 4.79 Å². The third-order valence-corrected chi connectivity index (χ3v) is 3.00. The topological polar surface area (TPSA) is 52.3 Å². The van der Waals surface area contributed by atoms with E-state index in [9.17, 15) is 13.6 Å². The van der Waals surface area contributed by atoms with Gasteiger partial charge in [-0.25, -0.2) is 8.78 Å². The fourth-order valence-electron chi connectivity index (χ4n) is 1.84. The fraction of sp³-hybridized carbons (Fsp3) is 0.133. The summed E-state index contributed by atoms with van der Waals surface area (Å²) in [5.74, 6) is -1.79. The molecular weight excluding hydrogens is 264 g/mol. The van der Waals surface area contributed by atoms with E-state index < -0.39 is 17.4 Å². The Hall–Kier alpha value is -2.43. The number of rotatable bonds is 3. The van der Waals surface area contributed by atoms with E-state index in [1.54, 1.807) is 6.07 Å². The van der Waals surface area contributed by atoms with Crippen molar-refractivity contribution in [1.82, 2.24) is 0 Å². The molecule has 0 fully saturated rings. The summed E-state index contributed by atoms with van der Waals surface area (Å²) in [4.78, 5) is 12.3. The van der Waals surface area contributed by atoms with Crippen LogP contribution in [0.2, 0.25) is 0 Å². The molecule has 0 aliphatic rings. The van der Waals surface area contributed by atoms with Gasteiger partial charge in [0.15, 0.2) is 5.78 Å². The van der Waals surface area contributed by atoms with Crippen LogP contribution in [0, 0.1) is 18.6 Å². The minimum absolute atomic E-state index is 0.120. The number of carbonyl (C=O) groups excluding carboxylic acids is 1. The number of ketones is 1. The highest BCUT2D eigenvalue weighted by molar-refractivity contribution is 6.12. The van der Waals surface area contributed by atoms with E-state index in [1.165, 1.54) is 32.2 Å². The van der Waals surface area contributed by atoms with E-state index in [-0.39, 0.29) is 22.4 Å². The highest BCUT2D eigenvalue weighted by Crippen LogP contribution is 2.24. The number of anilines is 1. The first-order valence-electron chi connectivity index (χ1n) is 5.88. The Kier molecular flexibility index (Phi) is 3.70. The number of hydrogen-bond acceptors (Lipinski definition) is 3. The smallest absolute Gasteiger partial charge is 0.198 e. The zero-order chi connectivity index (χ0) is 14.9. The molecule has 0 spiro atoms. The first-order valence-corrected chi connectivity index (χ1v) is 5.88. The SMILES string of the molecule is COc1ccc(N)c(C(=O)c2cc(C)c(F)cc2F)c1. The van der Waals surface area contributed by atoms with Gasteiger partial charge in [0.25, 0.3) is 0 Å². The summed E-state index contributed by atoms with van der Waals surface area (Å²) in [6, 6.07) is 6.39. The predicted molar refractivity (Wildman–Crippen MR) is 71.9 cm³/mol. The standard InChI is InChI=1S/C15H13F2NO2/c1-8-5-10(13(17)7-12(8)16)15(19)11-6-9(20-2)3-4-14(11)18/h3-7H,18H2,1-2H3. The lowest BCUT2D eigenvalue weighted by molar-refractivity contribution is 0.103. The quantitative estimate of drug-likeness (QED) is 0.693. The Bertz CT molecular complexity index is 684. The summed E-state index contributed by atoms with van der Waals surface area (Å²) >= 11 is 0. The number of methoxy groups -OCH3 is 1.